The molecule has 2 heterocycles. The maximum Gasteiger partial charge on any atom is 0.244 e. The summed E-state index contributed by atoms with van der Waals surface area (Å²) in [5.41, 5.74) is 12.5. The van der Waals surface area contributed by atoms with Crippen LogP contribution in [0.1, 0.15) is 59.3 Å². The Labute approximate surface area is 178 Å². The van der Waals surface area contributed by atoms with Gasteiger partial charge in [0.05, 0.1) is 12.2 Å². The van der Waals surface area contributed by atoms with E-state index in [4.69, 9.17) is 11.5 Å². The first-order chi connectivity index (χ1) is 14.1. The van der Waals surface area contributed by atoms with Crippen LogP contribution in [-0.4, -0.2) is 54.0 Å². The number of piperidine rings is 2. The van der Waals surface area contributed by atoms with Crippen LogP contribution in [0.2, 0.25) is 0 Å². The van der Waals surface area contributed by atoms with E-state index in [-0.39, 0.29) is 40.4 Å². The van der Waals surface area contributed by atoms with Crippen molar-refractivity contribution >= 4 is 17.7 Å². The summed E-state index contributed by atoms with van der Waals surface area (Å²) >= 11 is 0. The van der Waals surface area contributed by atoms with Crippen molar-refractivity contribution in [2.45, 2.75) is 77.5 Å². The van der Waals surface area contributed by atoms with E-state index < -0.39 is 18.2 Å². The van der Waals surface area contributed by atoms with Crippen LogP contribution < -0.4 is 22.1 Å². The van der Waals surface area contributed by atoms with Gasteiger partial charge >= 0.3 is 0 Å². The second-order valence-electron chi connectivity index (χ2n) is 10.9. The van der Waals surface area contributed by atoms with Gasteiger partial charge in [-0.2, -0.15) is 0 Å². The largest absolute Gasteiger partial charge is 0.356 e. The zero-order valence-electron chi connectivity index (χ0n) is 18.4. The van der Waals surface area contributed by atoms with Gasteiger partial charge in [-0.25, -0.2) is 0 Å². The summed E-state index contributed by atoms with van der Waals surface area (Å²) in [6.07, 6.45) is 4.53. The smallest absolute Gasteiger partial charge is 0.244 e. The fourth-order valence-electron chi connectivity index (χ4n) is 6.03. The molecule has 6 atom stereocenters. The minimum Gasteiger partial charge on any atom is -0.356 e. The molecule has 3 amide bonds. The average molecular weight is 420 g/mol. The average Bonchev–Trinajstić information content (AvgIpc) is 3.02. The molecule has 2 aliphatic heterocycles. The normalized spacial score (nSPS) is 35.5. The number of carbonyl (C=O) groups is 3. The molecule has 4 aliphatic rings. The number of carbonyl (C=O) groups excluding carboxylic acids is 3. The van der Waals surface area contributed by atoms with Crippen LogP contribution in [-0.2, 0) is 14.4 Å². The molecule has 0 radical (unpaired) electrons. The molecule has 8 nitrogen and oxygen atoms in total. The van der Waals surface area contributed by atoms with Crippen LogP contribution in [0.5, 0.6) is 0 Å². The molecule has 6 unspecified atom stereocenters. The van der Waals surface area contributed by atoms with Crippen LogP contribution in [0.15, 0.2) is 0 Å². The van der Waals surface area contributed by atoms with Crippen LogP contribution in [0.4, 0.5) is 0 Å². The number of nitrogens with one attached hydrogen (secondary N) is 2. The Hall–Kier alpha value is -1.67. The van der Waals surface area contributed by atoms with E-state index in [1.54, 1.807) is 4.90 Å². The highest BCUT2D eigenvalue weighted by atomic mass is 16.2. The molecule has 0 bridgehead atoms. The van der Waals surface area contributed by atoms with Crippen molar-refractivity contribution in [3.05, 3.63) is 0 Å². The number of fused-ring (bicyclic) bond motifs is 1. The van der Waals surface area contributed by atoms with E-state index in [0.717, 1.165) is 32.1 Å². The van der Waals surface area contributed by atoms with E-state index in [1.807, 2.05) is 0 Å². The fourth-order valence-corrected chi connectivity index (χ4v) is 6.03. The SMILES string of the molecule is CC1(C(N)C(=O)N2CC3C(C2C(=O)NC(N)CC2CCCNC2=O)C3(C)C)CCC1. The van der Waals surface area contributed by atoms with Crippen molar-refractivity contribution in [2.24, 2.45) is 40.1 Å². The lowest BCUT2D eigenvalue weighted by Gasteiger charge is -2.44. The van der Waals surface area contributed by atoms with Gasteiger partial charge in [-0.05, 0) is 54.8 Å². The Balaban J connectivity index is 1.43. The Morgan fingerprint density at radius 3 is 2.53 bits per heavy atom. The van der Waals surface area contributed by atoms with E-state index in [1.165, 1.54) is 0 Å². The molecule has 0 aromatic rings. The Bertz CT molecular complexity index is 734. The summed E-state index contributed by atoms with van der Waals surface area (Å²) in [5, 5.41) is 5.76. The molecule has 6 N–H and O–H groups in total. The third-order valence-electron chi connectivity index (χ3n) is 8.54. The summed E-state index contributed by atoms with van der Waals surface area (Å²) in [6, 6.07) is -1.10. The summed E-state index contributed by atoms with van der Waals surface area (Å²) < 4.78 is 0. The van der Waals surface area contributed by atoms with Gasteiger partial charge in [0.1, 0.15) is 6.04 Å². The third kappa shape index (κ3) is 3.51. The van der Waals surface area contributed by atoms with Gasteiger partial charge in [-0.1, -0.05) is 27.2 Å². The van der Waals surface area contributed by atoms with Crippen LogP contribution in [0.3, 0.4) is 0 Å². The second-order valence-corrected chi connectivity index (χ2v) is 10.9. The zero-order chi connectivity index (χ0) is 21.8. The number of hydrogen-bond acceptors (Lipinski definition) is 5. The predicted molar refractivity (Wildman–Crippen MR) is 113 cm³/mol. The molecule has 0 aromatic heterocycles. The second kappa shape index (κ2) is 7.48. The maximum absolute atomic E-state index is 13.3. The van der Waals surface area contributed by atoms with E-state index in [9.17, 15) is 14.4 Å². The van der Waals surface area contributed by atoms with Crippen molar-refractivity contribution in [3.8, 4) is 0 Å². The lowest BCUT2D eigenvalue weighted by Crippen LogP contribution is -2.60. The number of amides is 3. The van der Waals surface area contributed by atoms with Crippen molar-refractivity contribution < 1.29 is 14.4 Å². The predicted octanol–water partition coefficient (Wildman–Crippen LogP) is 0.304. The Morgan fingerprint density at radius 2 is 1.93 bits per heavy atom. The van der Waals surface area contributed by atoms with Gasteiger partial charge in [0.15, 0.2) is 0 Å². The number of rotatable bonds is 6. The van der Waals surface area contributed by atoms with Gasteiger partial charge in [0.2, 0.25) is 17.7 Å². The number of hydrogen-bond donors (Lipinski definition) is 4. The van der Waals surface area contributed by atoms with Crippen LogP contribution in [0, 0.1) is 28.6 Å². The topological polar surface area (TPSA) is 131 Å². The minimum atomic E-state index is -0.609. The molecular formula is C22H37N5O3. The van der Waals surface area contributed by atoms with Crippen molar-refractivity contribution in [2.75, 3.05) is 13.1 Å². The highest BCUT2D eigenvalue weighted by molar-refractivity contribution is 5.92. The monoisotopic (exact) mass is 419 g/mol. The lowest BCUT2D eigenvalue weighted by atomic mass is 9.65. The van der Waals surface area contributed by atoms with Gasteiger partial charge in [0.25, 0.3) is 0 Å². The van der Waals surface area contributed by atoms with Gasteiger partial charge < -0.3 is 27.0 Å². The molecule has 8 heteroatoms. The molecule has 30 heavy (non-hydrogen) atoms. The Kier molecular flexibility index (Phi) is 5.37. The van der Waals surface area contributed by atoms with E-state index in [2.05, 4.69) is 31.4 Å². The highest BCUT2D eigenvalue weighted by Crippen LogP contribution is 2.65. The fraction of sp³-hybridized carbons (Fsp3) is 0.864. The molecule has 4 rings (SSSR count). The summed E-state index contributed by atoms with van der Waals surface area (Å²) in [7, 11) is 0. The van der Waals surface area contributed by atoms with Crippen LogP contribution in [0.25, 0.3) is 0 Å². The number of nitrogens with two attached hydrogens (primary N) is 2. The van der Waals surface area contributed by atoms with Gasteiger partial charge in [-0.3, -0.25) is 14.4 Å². The zero-order valence-corrected chi connectivity index (χ0v) is 18.4. The summed E-state index contributed by atoms with van der Waals surface area (Å²) in [5.74, 6) is -0.0390. The molecule has 2 saturated carbocycles. The molecule has 2 aliphatic carbocycles. The summed E-state index contributed by atoms with van der Waals surface area (Å²) in [6.45, 7) is 7.67. The standard InChI is InChI=1S/C22H37N5O3/c1-21(2)13-11-27(20(30)17(24)22(3)7-5-8-22)16(15(13)21)19(29)26-14(23)10-12-6-4-9-25-18(12)28/h12-17H,4-11,23-24H2,1-3H3,(H,25,28)(H,26,29). The van der Waals surface area contributed by atoms with Crippen molar-refractivity contribution in [1.82, 2.24) is 15.5 Å². The number of likely N-dealkylation sites (tertiary alicyclic amines) is 1. The van der Waals surface area contributed by atoms with Crippen LogP contribution >= 0.6 is 0 Å². The molecule has 0 spiro atoms. The molecule has 4 fully saturated rings. The third-order valence-corrected chi connectivity index (χ3v) is 8.54. The van der Waals surface area contributed by atoms with Crippen molar-refractivity contribution in [1.29, 1.82) is 0 Å². The Morgan fingerprint density at radius 1 is 1.23 bits per heavy atom. The first-order valence-electron chi connectivity index (χ1n) is 11.5. The first kappa shape index (κ1) is 21.6. The molecule has 168 valence electrons. The molecular weight excluding hydrogens is 382 g/mol. The summed E-state index contributed by atoms with van der Waals surface area (Å²) in [4.78, 5) is 40.2. The minimum absolute atomic E-state index is 0.00623. The van der Waals surface area contributed by atoms with Crippen molar-refractivity contribution in [3.63, 3.8) is 0 Å². The van der Waals surface area contributed by atoms with E-state index >= 15 is 0 Å². The first-order valence-corrected chi connectivity index (χ1v) is 11.5. The molecule has 2 saturated heterocycles. The highest BCUT2D eigenvalue weighted by Gasteiger charge is 2.69. The van der Waals surface area contributed by atoms with Gasteiger partial charge in [-0.15, -0.1) is 0 Å². The van der Waals surface area contributed by atoms with E-state index in [0.29, 0.717) is 25.4 Å². The maximum atomic E-state index is 13.3. The molecule has 0 aromatic carbocycles. The quantitative estimate of drug-likeness (QED) is 0.460. The lowest BCUT2D eigenvalue weighted by molar-refractivity contribution is -0.145. The number of nitrogens with zero attached hydrogens (tertiary/aromatic N) is 1. The van der Waals surface area contributed by atoms with Gasteiger partial charge in [0, 0.05) is 19.0 Å².